The maximum atomic E-state index is 12.5. The predicted octanol–water partition coefficient (Wildman–Crippen LogP) is 2.83. The van der Waals surface area contributed by atoms with Gasteiger partial charge in [-0.3, -0.25) is 9.78 Å². The van der Waals surface area contributed by atoms with Gasteiger partial charge in [-0.05, 0) is 36.2 Å². The molecule has 1 aromatic carbocycles. The molecule has 6 nitrogen and oxygen atoms in total. The highest BCUT2D eigenvalue weighted by Gasteiger charge is 2.15. The van der Waals surface area contributed by atoms with Crippen LogP contribution in [-0.2, 0) is 6.42 Å². The van der Waals surface area contributed by atoms with Crippen molar-refractivity contribution in [3.05, 3.63) is 78.5 Å². The molecule has 0 fully saturated rings. The van der Waals surface area contributed by atoms with Gasteiger partial charge in [0.25, 0.3) is 5.91 Å². The minimum Gasteiger partial charge on any atom is -0.358 e. The topological polar surface area (TPSA) is 62.2 Å². The molecule has 132 valence electrons. The van der Waals surface area contributed by atoms with Crippen molar-refractivity contribution in [2.24, 2.45) is 0 Å². The Labute approximate surface area is 153 Å². The summed E-state index contributed by atoms with van der Waals surface area (Å²) in [5, 5.41) is 0. The van der Waals surface area contributed by atoms with Crippen LogP contribution in [0.15, 0.2) is 67.3 Å². The Morgan fingerprint density at radius 3 is 2.35 bits per heavy atom. The minimum atomic E-state index is -0.185. The minimum absolute atomic E-state index is 0.185. The number of carbonyl (C=O) groups is 1. The highest BCUT2D eigenvalue weighted by atomic mass is 16.2. The second-order valence-corrected chi connectivity index (χ2v) is 5.99. The van der Waals surface area contributed by atoms with Crippen LogP contribution in [0, 0.1) is 0 Å². The van der Waals surface area contributed by atoms with E-state index in [4.69, 9.17) is 0 Å². The number of pyridine rings is 1. The molecule has 2 aromatic heterocycles. The Bertz CT molecular complexity index is 837. The summed E-state index contributed by atoms with van der Waals surface area (Å²) in [6.45, 7) is 0.801. The molecule has 3 aromatic rings. The maximum Gasteiger partial charge on any atom is 0.278 e. The van der Waals surface area contributed by atoms with Gasteiger partial charge in [0.2, 0.25) is 0 Å². The SMILES string of the molecule is CN(CCc1ccncc1)c1cnc(C(=O)N(C)c2ccccc2)cn1. The number of hydrogen-bond acceptors (Lipinski definition) is 5. The van der Waals surface area contributed by atoms with Gasteiger partial charge in [-0.2, -0.15) is 0 Å². The lowest BCUT2D eigenvalue weighted by molar-refractivity contribution is 0.0988. The molecule has 6 heteroatoms. The summed E-state index contributed by atoms with van der Waals surface area (Å²) in [5.41, 5.74) is 2.36. The number of nitrogens with zero attached hydrogens (tertiary/aromatic N) is 5. The van der Waals surface area contributed by atoms with E-state index in [1.54, 1.807) is 30.5 Å². The summed E-state index contributed by atoms with van der Waals surface area (Å²) < 4.78 is 0. The molecule has 26 heavy (non-hydrogen) atoms. The fourth-order valence-electron chi connectivity index (χ4n) is 2.53. The van der Waals surface area contributed by atoms with Gasteiger partial charge in [-0.1, -0.05) is 18.2 Å². The molecule has 0 saturated carbocycles. The summed E-state index contributed by atoms with van der Waals surface area (Å²) >= 11 is 0. The highest BCUT2D eigenvalue weighted by molar-refractivity contribution is 6.04. The van der Waals surface area contributed by atoms with Crippen LogP contribution >= 0.6 is 0 Å². The number of aromatic nitrogens is 3. The lowest BCUT2D eigenvalue weighted by Gasteiger charge is -2.19. The molecule has 1 amide bonds. The zero-order valence-corrected chi connectivity index (χ0v) is 14.9. The van der Waals surface area contributed by atoms with Gasteiger partial charge in [0, 0.05) is 38.7 Å². The van der Waals surface area contributed by atoms with Crippen LogP contribution in [0.2, 0.25) is 0 Å². The Morgan fingerprint density at radius 1 is 0.962 bits per heavy atom. The number of para-hydroxylation sites is 1. The highest BCUT2D eigenvalue weighted by Crippen LogP contribution is 2.15. The normalized spacial score (nSPS) is 10.4. The van der Waals surface area contributed by atoms with Crippen molar-refractivity contribution < 1.29 is 4.79 Å². The molecule has 0 saturated heterocycles. The first-order chi connectivity index (χ1) is 12.6. The van der Waals surface area contributed by atoms with Crippen LogP contribution in [0.3, 0.4) is 0 Å². The van der Waals surface area contributed by atoms with Gasteiger partial charge in [0.15, 0.2) is 0 Å². The Kier molecular flexibility index (Phi) is 5.53. The number of rotatable bonds is 6. The van der Waals surface area contributed by atoms with Crippen molar-refractivity contribution >= 4 is 17.4 Å². The molecule has 0 unspecified atom stereocenters. The van der Waals surface area contributed by atoms with E-state index >= 15 is 0 Å². The van der Waals surface area contributed by atoms with Gasteiger partial charge in [0.1, 0.15) is 11.5 Å². The van der Waals surface area contributed by atoms with Crippen LogP contribution in [0.5, 0.6) is 0 Å². The van der Waals surface area contributed by atoms with Gasteiger partial charge >= 0.3 is 0 Å². The van der Waals surface area contributed by atoms with Crippen molar-refractivity contribution in [1.82, 2.24) is 15.0 Å². The van der Waals surface area contributed by atoms with E-state index in [9.17, 15) is 4.79 Å². The molecule has 3 rings (SSSR count). The predicted molar refractivity (Wildman–Crippen MR) is 102 cm³/mol. The van der Waals surface area contributed by atoms with Crippen molar-refractivity contribution in [2.75, 3.05) is 30.4 Å². The first kappa shape index (κ1) is 17.5. The molecule has 0 aliphatic heterocycles. The van der Waals surface area contributed by atoms with Gasteiger partial charge in [0.05, 0.1) is 12.4 Å². The van der Waals surface area contributed by atoms with Crippen LogP contribution in [-0.4, -0.2) is 41.5 Å². The number of anilines is 2. The molecule has 0 aliphatic carbocycles. The van der Waals surface area contributed by atoms with Crippen LogP contribution < -0.4 is 9.80 Å². The van der Waals surface area contributed by atoms with Crippen molar-refractivity contribution in [1.29, 1.82) is 0 Å². The van der Waals surface area contributed by atoms with Crippen molar-refractivity contribution in [3.63, 3.8) is 0 Å². The quantitative estimate of drug-likeness (QED) is 0.686. The first-order valence-corrected chi connectivity index (χ1v) is 8.40. The third-order valence-electron chi connectivity index (χ3n) is 4.18. The van der Waals surface area contributed by atoms with E-state index in [1.165, 1.54) is 11.8 Å². The van der Waals surface area contributed by atoms with Gasteiger partial charge < -0.3 is 9.80 Å². The fraction of sp³-hybridized carbons (Fsp3) is 0.200. The van der Waals surface area contributed by atoms with Crippen LogP contribution in [0.4, 0.5) is 11.5 Å². The summed E-state index contributed by atoms with van der Waals surface area (Å²) in [6.07, 6.45) is 7.63. The Hall–Kier alpha value is -3.28. The fourth-order valence-corrected chi connectivity index (χ4v) is 2.53. The first-order valence-electron chi connectivity index (χ1n) is 8.40. The zero-order valence-electron chi connectivity index (χ0n) is 14.9. The summed E-state index contributed by atoms with van der Waals surface area (Å²) in [7, 11) is 3.69. The lowest BCUT2D eigenvalue weighted by Crippen LogP contribution is -2.27. The average Bonchev–Trinajstić information content (AvgIpc) is 2.72. The molecule has 0 N–H and O–H groups in total. The average molecular weight is 347 g/mol. The Morgan fingerprint density at radius 2 is 1.69 bits per heavy atom. The molecule has 0 spiro atoms. The van der Waals surface area contributed by atoms with E-state index in [-0.39, 0.29) is 5.91 Å². The maximum absolute atomic E-state index is 12.5. The number of carbonyl (C=O) groups excluding carboxylic acids is 1. The molecule has 0 bridgehead atoms. The second kappa shape index (κ2) is 8.20. The van der Waals surface area contributed by atoms with Gasteiger partial charge in [-0.25, -0.2) is 9.97 Å². The Balaban J connectivity index is 1.63. The smallest absolute Gasteiger partial charge is 0.278 e. The summed E-state index contributed by atoms with van der Waals surface area (Å²) in [4.78, 5) is 28.8. The number of likely N-dealkylation sites (N-methyl/N-ethyl adjacent to an activating group) is 1. The summed E-state index contributed by atoms with van der Waals surface area (Å²) in [6, 6.07) is 13.5. The third kappa shape index (κ3) is 4.22. The molecular formula is C20H21N5O. The van der Waals surface area contributed by atoms with Crippen LogP contribution in [0.1, 0.15) is 16.1 Å². The van der Waals surface area contributed by atoms with E-state index < -0.39 is 0 Å². The second-order valence-electron chi connectivity index (χ2n) is 5.99. The summed E-state index contributed by atoms with van der Waals surface area (Å²) in [5.74, 6) is 0.549. The van der Waals surface area contributed by atoms with E-state index in [2.05, 4.69) is 15.0 Å². The van der Waals surface area contributed by atoms with E-state index in [1.807, 2.05) is 54.4 Å². The van der Waals surface area contributed by atoms with Gasteiger partial charge in [-0.15, -0.1) is 0 Å². The largest absolute Gasteiger partial charge is 0.358 e. The van der Waals surface area contributed by atoms with Crippen molar-refractivity contribution in [2.45, 2.75) is 6.42 Å². The third-order valence-corrected chi connectivity index (χ3v) is 4.18. The number of amides is 1. The monoisotopic (exact) mass is 347 g/mol. The van der Waals surface area contributed by atoms with Crippen molar-refractivity contribution in [3.8, 4) is 0 Å². The molecule has 0 atom stereocenters. The number of benzene rings is 1. The molecular weight excluding hydrogens is 326 g/mol. The number of hydrogen-bond donors (Lipinski definition) is 0. The molecule has 0 aliphatic rings. The molecule has 2 heterocycles. The standard InChI is InChI=1S/C20H21N5O/c1-24(13-10-16-8-11-21-12-9-16)19-15-22-18(14-23-19)20(26)25(2)17-6-4-3-5-7-17/h3-9,11-12,14-15H,10,13H2,1-2H3. The zero-order chi connectivity index (χ0) is 18.4. The van der Waals surface area contributed by atoms with Crippen LogP contribution in [0.25, 0.3) is 0 Å². The van der Waals surface area contributed by atoms with E-state index in [0.29, 0.717) is 5.69 Å². The lowest BCUT2D eigenvalue weighted by atomic mass is 10.2. The van der Waals surface area contributed by atoms with E-state index in [0.717, 1.165) is 24.5 Å². The molecule has 0 radical (unpaired) electrons.